The number of likely N-dealkylation sites (tertiary alicyclic amines) is 1. The number of amides is 1. The summed E-state index contributed by atoms with van der Waals surface area (Å²) in [6, 6.07) is 6.27. The molecule has 1 aromatic rings. The Morgan fingerprint density at radius 3 is 2.71 bits per heavy atom. The standard InChI is InChI=1S/C16H24N4O/c1-18-16(21)12-4-5-15(14(17)10-12)20-9-6-13(11-20)19-7-2-3-8-19/h4-5,10,13H,2-3,6-9,11,17H2,1H3,(H,18,21). The first-order valence-corrected chi connectivity index (χ1v) is 7.79. The van der Waals surface area contributed by atoms with E-state index in [0.717, 1.165) is 18.8 Å². The van der Waals surface area contributed by atoms with Crippen molar-refractivity contribution in [3.63, 3.8) is 0 Å². The van der Waals surface area contributed by atoms with Crippen molar-refractivity contribution in [1.82, 2.24) is 10.2 Å². The lowest BCUT2D eigenvalue weighted by Crippen LogP contribution is -2.35. The summed E-state index contributed by atoms with van der Waals surface area (Å²) in [7, 11) is 1.63. The first-order chi connectivity index (χ1) is 10.2. The highest BCUT2D eigenvalue weighted by Crippen LogP contribution is 2.30. The SMILES string of the molecule is CNC(=O)c1ccc(N2CCC(N3CCCC3)C2)c(N)c1. The van der Waals surface area contributed by atoms with E-state index in [4.69, 9.17) is 5.73 Å². The van der Waals surface area contributed by atoms with Crippen molar-refractivity contribution in [1.29, 1.82) is 0 Å². The van der Waals surface area contributed by atoms with E-state index >= 15 is 0 Å². The number of rotatable bonds is 3. The van der Waals surface area contributed by atoms with Crippen LogP contribution < -0.4 is 16.0 Å². The van der Waals surface area contributed by atoms with Crippen LogP contribution in [-0.2, 0) is 0 Å². The summed E-state index contributed by atoms with van der Waals surface area (Å²) in [4.78, 5) is 16.6. The predicted molar refractivity (Wildman–Crippen MR) is 85.7 cm³/mol. The molecule has 0 aliphatic carbocycles. The van der Waals surface area contributed by atoms with Gasteiger partial charge in [0.25, 0.3) is 5.91 Å². The average Bonchev–Trinajstić information content (AvgIpc) is 3.16. The van der Waals surface area contributed by atoms with Gasteiger partial charge in [0, 0.05) is 31.7 Å². The monoisotopic (exact) mass is 288 g/mol. The number of hydrogen-bond acceptors (Lipinski definition) is 4. The average molecular weight is 288 g/mol. The van der Waals surface area contributed by atoms with E-state index in [0.29, 0.717) is 17.3 Å². The number of anilines is 2. The van der Waals surface area contributed by atoms with Gasteiger partial charge in [-0.05, 0) is 50.6 Å². The zero-order valence-electron chi connectivity index (χ0n) is 12.6. The quantitative estimate of drug-likeness (QED) is 0.823. The fraction of sp³-hybridized carbons (Fsp3) is 0.562. The van der Waals surface area contributed by atoms with E-state index in [9.17, 15) is 4.79 Å². The van der Waals surface area contributed by atoms with Gasteiger partial charge < -0.3 is 16.0 Å². The Hall–Kier alpha value is -1.75. The summed E-state index contributed by atoms with van der Waals surface area (Å²) in [5, 5.41) is 2.63. The molecule has 5 heteroatoms. The lowest BCUT2D eigenvalue weighted by molar-refractivity contribution is 0.0963. The van der Waals surface area contributed by atoms with Crippen LogP contribution >= 0.6 is 0 Å². The number of nitrogens with two attached hydrogens (primary N) is 1. The van der Waals surface area contributed by atoms with Crippen LogP contribution in [0.15, 0.2) is 18.2 Å². The third kappa shape index (κ3) is 2.83. The molecule has 0 aromatic heterocycles. The Labute approximate surface area is 126 Å². The fourth-order valence-corrected chi connectivity index (χ4v) is 3.49. The Bertz CT molecular complexity index is 525. The smallest absolute Gasteiger partial charge is 0.251 e. The molecule has 0 saturated carbocycles. The van der Waals surface area contributed by atoms with Crippen molar-refractivity contribution < 1.29 is 4.79 Å². The number of nitrogens with zero attached hydrogens (tertiary/aromatic N) is 2. The van der Waals surface area contributed by atoms with Crippen molar-refractivity contribution in [2.45, 2.75) is 25.3 Å². The van der Waals surface area contributed by atoms with Gasteiger partial charge in [-0.3, -0.25) is 9.69 Å². The molecule has 2 aliphatic heterocycles. The molecule has 0 spiro atoms. The predicted octanol–water partition coefficient (Wildman–Crippen LogP) is 1.30. The molecule has 114 valence electrons. The van der Waals surface area contributed by atoms with E-state index in [2.05, 4.69) is 15.1 Å². The minimum atomic E-state index is -0.0929. The van der Waals surface area contributed by atoms with Crippen LogP contribution in [0.4, 0.5) is 11.4 Å². The van der Waals surface area contributed by atoms with Crippen LogP contribution in [-0.4, -0.2) is 50.1 Å². The summed E-state index contributed by atoms with van der Waals surface area (Å²) in [6.45, 7) is 4.57. The van der Waals surface area contributed by atoms with E-state index < -0.39 is 0 Å². The van der Waals surface area contributed by atoms with Crippen molar-refractivity contribution in [3.8, 4) is 0 Å². The summed E-state index contributed by atoms with van der Waals surface area (Å²) in [5.74, 6) is -0.0929. The highest BCUT2D eigenvalue weighted by Gasteiger charge is 2.30. The minimum absolute atomic E-state index is 0.0929. The second kappa shape index (κ2) is 5.93. The summed E-state index contributed by atoms with van der Waals surface area (Å²) >= 11 is 0. The Morgan fingerprint density at radius 2 is 2.05 bits per heavy atom. The zero-order chi connectivity index (χ0) is 14.8. The van der Waals surface area contributed by atoms with Crippen LogP contribution in [0.3, 0.4) is 0 Å². The molecule has 0 radical (unpaired) electrons. The molecule has 3 N–H and O–H groups in total. The molecule has 5 nitrogen and oxygen atoms in total. The summed E-state index contributed by atoms with van der Waals surface area (Å²) in [5.41, 5.74) is 8.53. The van der Waals surface area contributed by atoms with E-state index in [1.807, 2.05) is 12.1 Å². The molecule has 2 heterocycles. The van der Waals surface area contributed by atoms with E-state index in [1.165, 1.54) is 32.4 Å². The molecule has 2 saturated heterocycles. The maximum Gasteiger partial charge on any atom is 0.251 e. The summed E-state index contributed by atoms with van der Waals surface area (Å²) < 4.78 is 0. The summed E-state index contributed by atoms with van der Waals surface area (Å²) in [6.07, 6.45) is 3.87. The van der Waals surface area contributed by atoms with Crippen molar-refractivity contribution in [2.75, 3.05) is 43.9 Å². The van der Waals surface area contributed by atoms with Gasteiger partial charge in [0.1, 0.15) is 0 Å². The molecule has 21 heavy (non-hydrogen) atoms. The van der Waals surface area contributed by atoms with Gasteiger partial charge in [-0.2, -0.15) is 0 Å². The lowest BCUT2D eigenvalue weighted by Gasteiger charge is -2.25. The number of nitrogen functional groups attached to an aromatic ring is 1. The fourth-order valence-electron chi connectivity index (χ4n) is 3.49. The van der Waals surface area contributed by atoms with Crippen LogP contribution in [0.25, 0.3) is 0 Å². The number of benzene rings is 1. The first-order valence-electron chi connectivity index (χ1n) is 7.79. The van der Waals surface area contributed by atoms with Crippen molar-refractivity contribution in [2.24, 2.45) is 0 Å². The second-order valence-corrected chi connectivity index (χ2v) is 5.98. The topological polar surface area (TPSA) is 61.6 Å². The molecule has 1 unspecified atom stereocenters. The molecule has 3 rings (SSSR count). The van der Waals surface area contributed by atoms with Crippen LogP contribution in [0.5, 0.6) is 0 Å². The third-order valence-corrected chi connectivity index (χ3v) is 4.68. The van der Waals surface area contributed by atoms with Gasteiger partial charge in [0.15, 0.2) is 0 Å². The minimum Gasteiger partial charge on any atom is -0.397 e. The van der Waals surface area contributed by atoms with E-state index in [1.54, 1.807) is 13.1 Å². The maximum absolute atomic E-state index is 11.6. The maximum atomic E-state index is 11.6. The Morgan fingerprint density at radius 1 is 1.29 bits per heavy atom. The molecule has 0 bridgehead atoms. The Kier molecular flexibility index (Phi) is 4.01. The number of hydrogen-bond donors (Lipinski definition) is 2. The van der Waals surface area contributed by atoms with Crippen LogP contribution in [0, 0.1) is 0 Å². The first kappa shape index (κ1) is 14.2. The highest BCUT2D eigenvalue weighted by atomic mass is 16.1. The lowest BCUT2D eigenvalue weighted by atomic mass is 10.1. The molecular weight excluding hydrogens is 264 g/mol. The molecule has 1 amide bonds. The van der Waals surface area contributed by atoms with Crippen LogP contribution in [0.2, 0.25) is 0 Å². The van der Waals surface area contributed by atoms with Crippen molar-refractivity contribution >= 4 is 17.3 Å². The zero-order valence-corrected chi connectivity index (χ0v) is 12.6. The molecule has 1 aromatic carbocycles. The van der Waals surface area contributed by atoms with Gasteiger partial charge in [0.05, 0.1) is 11.4 Å². The van der Waals surface area contributed by atoms with Gasteiger partial charge >= 0.3 is 0 Å². The number of carbonyl (C=O) groups excluding carboxylic acids is 1. The van der Waals surface area contributed by atoms with Crippen molar-refractivity contribution in [3.05, 3.63) is 23.8 Å². The largest absolute Gasteiger partial charge is 0.397 e. The number of carbonyl (C=O) groups is 1. The van der Waals surface area contributed by atoms with Crippen LogP contribution in [0.1, 0.15) is 29.6 Å². The van der Waals surface area contributed by atoms with E-state index in [-0.39, 0.29) is 5.91 Å². The third-order valence-electron chi connectivity index (χ3n) is 4.68. The van der Waals surface area contributed by atoms with Gasteiger partial charge in [-0.15, -0.1) is 0 Å². The number of nitrogens with one attached hydrogen (secondary N) is 1. The normalized spacial score (nSPS) is 22.7. The van der Waals surface area contributed by atoms with Gasteiger partial charge in [-0.1, -0.05) is 0 Å². The Balaban J connectivity index is 1.71. The molecule has 1 atom stereocenters. The highest BCUT2D eigenvalue weighted by molar-refractivity contribution is 5.96. The molecule has 2 aliphatic rings. The van der Waals surface area contributed by atoms with Gasteiger partial charge in [-0.25, -0.2) is 0 Å². The van der Waals surface area contributed by atoms with Gasteiger partial charge in [0.2, 0.25) is 0 Å². The molecule has 2 fully saturated rings. The molecular formula is C16H24N4O. The second-order valence-electron chi connectivity index (χ2n) is 5.98.